The van der Waals surface area contributed by atoms with Crippen molar-refractivity contribution in [1.29, 1.82) is 5.26 Å². The molecule has 0 amide bonds. The summed E-state index contributed by atoms with van der Waals surface area (Å²) >= 11 is 0. The highest BCUT2D eigenvalue weighted by molar-refractivity contribution is 7.92. The van der Waals surface area contributed by atoms with Crippen molar-refractivity contribution in [3.63, 3.8) is 0 Å². The minimum absolute atomic E-state index is 0.00728. The Labute approximate surface area is 166 Å². The number of aryl methyl sites for hydroxylation is 1. The molecular weight excluding hydrogens is 370 g/mol. The third-order valence-corrected chi connectivity index (χ3v) is 6.32. The molecule has 0 fully saturated rings. The van der Waals surface area contributed by atoms with Crippen LogP contribution in [0, 0.1) is 18.3 Å². The van der Waals surface area contributed by atoms with Crippen LogP contribution in [0.5, 0.6) is 0 Å². The minimum Gasteiger partial charge on any atom is -0.266 e. The SMILES string of the molecule is CCS(=O)(=O)N(Cc1cccnc1)c1ccc(C)c(-c2ccc(C#N)cc2)c1. The highest BCUT2D eigenvalue weighted by Gasteiger charge is 2.22. The maximum Gasteiger partial charge on any atom is 0.235 e. The molecule has 0 N–H and O–H groups in total. The van der Waals surface area contributed by atoms with Gasteiger partial charge in [-0.25, -0.2) is 8.42 Å². The van der Waals surface area contributed by atoms with Gasteiger partial charge in [-0.15, -0.1) is 0 Å². The van der Waals surface area contributed by atoms with Gasteiger partial charge < -0.3 is 0 Å². The summed E-state index contributed by atoms with van der Waals surface area (Å²) in [6.07, 6.45) is 3.34. The van der Waals surface area contributed by atoms with Gasteiger partial charge in [-0.1, -0.05) is 24.3 Å². The smallest absolute Gasteiger partial charge is 0.235 e. The molecule has 3 rings (SSSR count). The van der Waals surface area contributed by atoms with Gasteiger partial charge in [-0.05, 0) is 66.4 Å². The molecular formula is C22H21N3O2S. The van der Waals surface area contributed by atoms with Gasteiger partial charge in [0.25, 0.3) is 0 Å². The van der Waals surface area contributed by atoms with Gasteiger partial charge in [0.1, 0.15) is 0 Å². The Morgan fingerprint density at radius 1 is 1.11 bits per heavy atom. The van der Waals surface area contributed by atoms with Crippen molar-refractivity contribution in [2.24, 2.45) is 0 Å². The molecule has 142 valence electrons. The Morgan fingerprint density at radius 3 is 2.46 bits per heavy atom. The van der Waals surface area contributed by atoms with Crippen LogP contribution in [0.25, 0.3) is 11.1 Å². The molecule has 28 heavy (non-hydrogen) atoms. The molecule has 6 heteroatoms. The fourth-order valence-corrected chi connectivity index (χ4v) is 4.06. The van der Waals surface area contributed by atoms with Crippen LogP contribution < -0.4 is 4.31 Å². The van der Waals surface area contributed by atoms with E-state index >= 15 is 0 Å². The second-order valence-electron chi connectivity index (χ2n) is 6.46. The maximum atomic E-state index is 12.8. The zero-order chi connectivity index (χ0) is 20.1. The van der Waals surface area contributed by atoms with E-state index in [1.54, 1.807) is 37.5 Å². The van der Waals surface area contributed by atoms with E-state index in [2.05, 4.69) is 11.1 Å². The second-order valence-corrected chi connectivity index (χ2v) is 8.64. The molecule has 2 aromatic carbocycles. The second kappa shape index (κ2) is 8.24. The molecule has 0 saturated heterocycles. The van der Waals surface area contributed by atoms with Crippen LogP contribution in [-0.4, -0.2) is 19.2 Å². The van der Waals surface area contributed by atoms with Crippen molar-refractivity contribution in [2.45, 2.75) is 20.4 Å². The van der Waals surface area contributed by atoms with Crippen molar-refractivity contribution in [3.05, 3.63) is 83.7 Å². The standard InChI is InChI=1S/C22H21N3O2S/c1-3-28(26,27)25(16-19-5-4-12-24-15-19)21-11-6-17(2)22(13-21)20-9-7-18(14-23)8-10-20/h4-13,15H,3,16H2,1-2H3. The highest BCUT2D eigenvalue weighted by atomic mass is 32.2. The number of pyridine rings is 1. The van der Waals surface area contributed by atoms with Gasteiger partial charge in [0, 0.05) is 12.4 Å². The average molecular weight is 391 g/mol. The van der Waals surface area contributed by atoms with Crippen LogP contribution in [0.2, 0.25) is 0 Å². The topological polar surface area (TPSA) is 74.1 Å². The molecule has 0 atom stereocenters. The number of hydrogen-bond donors (Lipinski definition) is 0. The summed E-state index contributed by atoms with van der Waals surface area (Å²) in [5, 5.41) is 9.00. The van der Waals surface area contributed by atoms with Gasteiger partial charge >= 0.3 is 0 Å². The first-order valence-electron chi connectivity index (χ1n) is 8.95. The maximum absolute atomic E-state index is 12.8. The summed E-state index contributed by atoms with van der Waals surface area (Å²) in [6.45, 7) is 3.85. The Morgan fingerprint density at radius 2 is 1.86 bits per heavy atom. The van der Waals surface area contributed by atoms with Crippen LogP contribution in [0.15, 0.2) is 67.0 Å². The lowest BCUT2D eigenvalue weighted by Crippen LogP contribution is -2.32. The number of nitrogens with zero attached hydrogens (tertiary/aromatic N) is 3. The number of anilines is 1. The minimum atomic E-state index is -3.47. The fourth-order valence-electron chi connectivity index (χ4n) is 2.96. The highest BCUT2D eigenvalue weighted by Crippen LogP contribution is 2.30. The van der Waals surface area contributed by atoms with Crippen LogP contribution in [0.1, 0.15) is 23.6 Å². The van der Waals surface area contributed by atoms with Gasteiger partial charge in [-0.3, -0.25) is 9.29 Å². The summed E-state index contributed by atoms with van der Waals surface area (Å²) in [6, 6.07) is 18.7. The molecule has 5 nitrogen and oxygen atoms in total. The van der Waals surface area contributed by atoms with E-state index in [9.17, 15) is 8.42 Å². The van der Waals surface area contributed by atoms with Gasteiger partial charge in [0.05, 0.1) is 29.6 Å². The van der Waals surface area contributed by atoms with Gasteiger partial charge in [0.2, 0.25) is 10.0 Å². The fraction of sp³-hybridized carbons (Fsp3) is 0.182. The van der Waals surface area contributed by atoms with E-state index in [4.69, 9.17) is 5.26 Å². The lowest BCUT2D eigenvalue weighted by atomic mass is 9.99. The molecule has 0 bridgehead atoms. The lowest BCUT2D eigenvalue weighted by molar-refractivity contribution is 0.591. The molecule has 0 spiro atoms. The number of nitriles is 1. The zero-order valence-electron chi connectivity index (χ0n) is 15.8. The first-order chi connectivity index (χ1) is 13.4. The molecule has 0 aliphatic carbocycles. The largest absolute Gasteiger partial charge is 0.266 e. The normalized spacial score (nSPS) is 11.0. The predicted molar refractivity (Wildman–Crippen MR) is 111 cm³/mol. The number of hydrogen-bond acceptors (Lipinski definition) is 4. The third kappa shape index (κ3) is 4.21. The van der Waals surface area contributed by atoms with Crippen molar-refractivity contribution < 1.29 is 8.42 Å². The molecule has 1 aromatic heterocycles. The molecule has 0 aliphatic rings. The molecule has 0 unspecified atom stereocenters. The van der Waals surface area contributed by atoms with E-state index < -0.39 is 10.0 Å². The number of aromatic nitrogens is 1. The van der Waals surface area contributed by atoms with E-state index in [-0.39, 0.29) is 12.3 Å². The number of rotatable bonds is 6. The molecule has 0 saturated carbocycles. The predicted octanol–water partition coefficient (Wildman–Crippen LogP) is 4.29. The number of benzene rings is 2. The molecule has 1 heterocycles. The van der Waals surface area contributed by atoms with Crippen LogP contribution in [0.3, 0.4) is 0 Å². The first-order valence-corrected chi connectivity index (χ1v) is 10.6. The van der Waals surface area contributed by atoms with Gasteiger partial charge in [0.15, 0.2) is 0 Å². The summed E-state index contributed by atoms with van der Waals surface area (Å²) in [7, 11) is -3.47. The molecule has 0 radical (unpaired) electrons. The molecule has 0 aliphatic heterocycles. The zero-order valence-corrected chi connectivity index (χ0v) is 16.6. The van der Waals surface area contributed by atoms with Crippen LogP contribution >= 0.6 is 0 Å². The van der Waals surface area contributed by atoms with Crippen LogP contribution in [-0.2, 0) is 16.6 Å². The first kappa shape index (κ1) is 19.6. The third-order valence-electron chi connectivity index (χ3n) is 4.58. The summed E-state index contributed by atoms with van der Waals surface area (Å²) in [5.41, 5.74) is 4.92. The van der Waals surface area contributed by atoms with E-state index in [1.165, 1.54) is 4.31 Å². The van der Waals surface area contributed by atoms with Crippen molar-refractivity contribution >= 4 is 15.7 Å². The molecule has 3 aromatic rings. The van der Waals surface area contributed by atoms with E-state index in [0.29, 0.717) is 11.3 Å². The lowest BCUT2D eigenvalue weighted by Gasteiger charge is -2.25. The average Bonchev–Trinajstić information content (AvgIpc) is 2.73. The monoisotopic (exact) mass is 391 g/mol. The Hall–Kier alpha value is -3.17. The summed E-state index contributed by atoms with van der Waals surface area (Å²) in [5.74, 6) is 0.00728. The quantitative estimate of drug-likeness (QED) is 0.628. The van der Waals surface area contributed by atoms with Gasteiger partial charge in [-0.2, -0.15) is 5.26 Å². The summed E-state index contributed by atoms with van der Waals surface area (Å²) in [4.78, 5) is 4.09. The Kier molecular flexibility index (Phi) is 5.76. The van der Waals surface area contributed by atoms with Crippen molar-refractivity contribution in [2.75, 3.05) is 10.1 Å². The van der Waals surface area contributed by atoms with Crippen molar-refractivity contribution in [1.82, 2.24) is 4.98 Å². The number of sulfonamides is 1. The Balaban J connectivity index is 2.06. The van der Waals surface area contributed by atoms with Crippen LogP contribution in [0.4, 0.5) is 5.69 Å². The van der Waals surface area contributed by atoms with E-state index in [1.807, 2.05) is 43.3 Å². The van der Waals surface area contributed by atoms with Crippen molar-refractivity contribution in [3.8, 4) is 17.2 Å². The summed E-state index contributed by atoms with van der Waals surface area (Å²) < 4.78 is 27.0. The Bertz CT molecular complexity index is 1100. The van der Waals surface area contributed by atoms with E-state index in [0.717, 1.165) is 22.3 Å².